The van der Waals surface area contributed by atoms with Crippen LogP contribution in [0.3, 0.4) is 0 Å². The lowest BCUT2D eigenvalue weighted by Crippen LogP contribution is -2.36. The lowest BCUT2D eigenvalue weighted by molar-refractivity contribution is 0.122. The van der Waals surface area contributed by atoms with Crippen molar-refractivity contribution in [1.82, 2.24) is 0 Å². The molecular formula is C28H33N5O. The maximum absolute atomic E-state index is 5.41. The molecule has 0 spiro atoms. The van der Waals surface area contributed by atoms with Gasteiger partial charge in [-0.3, -0.25) is 0 Å². The summed E-state index contributed by atoms with van der Waals surface area (Å²) in [6, 6.07) is 24.1. The number of benzene rings is 3. The van der Waals surface area contributed by atoms with Crippen LogP contribution in [-0.4, -0.2) is 26.3 Å². The van der Waals surface area contributed by atoms with Gasteiger partial charge in [-0.2, -0.15) is 20.5 Å². The number of morpholine rings is 1. The Morgan fingerprint density at radius 3 is 1.59 bits per heavy atom. The number of nitrogens with zero attached hydrogens (tertiary/aromatic N) is 5. The van der Waals surface area contributed by atoms with Crippen molar-refractivity contribution in [2.24, 2.45) is 20.5 Å². The molecule has 34 heavy (non-hydrogen) atoms. The molecule has 6 heteroatoms. The monoisotopic (exact) mass is 455 g/mol. The van der Waals surface area contributed by atoms with Gasteiger partial charge in [-0.05, 0) is 79.1 Å². The minimum atomic E-state index is 0.780. The van der Waals surface area contributed by atoms with Crippen LogP contribution in [0.15, 0.2) is 93.3 Å². The third-order valence-electron chi connectivity index (χ3n) is 5.89. The topological polar surface area (TPSA) is 61.9 Å². The molecule has 0 bridgehead atoms. The average Bonchev–Trinajstić information content (AvgIpc) is 2.91. The normalized spacial score (nSPS) is 14.3. The highest BCUT2D eigenvalue weighted by molar-refractivity contribution is 5.53. The Labute approximate surface area is 202 Å². The minimum Gasteiger partial charge on any atom is -0.378 e. The van der Waals surface area contributed by atoms with E-state index in [0.29, 0.717) is 0 Å². The average molecular weight is 456 g/mol. The summed E-state index contributed by atoms with van der Waals surface area (Å²) >= 11 is 0. The Kier molecular flexibility index (Phi) is 8.91. The summed E-state index contributed by atoms with van der Waals surface area (Å²) in [7, 11) is 0. The van der Waals surface area contributed by atoms with Crippen molar-refractivity contribution in [2.45, 2.75) is 39.0 Å². The third-order valence-corrected chi connectivity index (χ3v) is 5.89. The summed E-state index contributed by atoms with van der Waals surface area (Å²) in [4.78, 5) is 2.32. The second kappa shape index (κ2) is 12.8. The van der Waals surface area contributed by atoms with Crippen molar-refractivity contribution in [3.8, 4) is 0 Å². The molecule has 1 fully saturated rings. The van der Waals surface area contributed by atoms with E-state index in [1.54, 1.807) is 0 Å². The number of anilines is 1. The first-order valence-electron chi connectivity index (χ1n) is 12.3. The Bertz CT molecular complexity index is 1050. The molecule has 176 valence electrons. The molecule has 0 atom stereocenters. The van der Waals surface area contributed by atoms with Crippen molar-refractivity contribution in [3.63, 3.8) is 0 Å². The SMILES string of the molecule is CCCCCCc1ccc(N=Nc2ccc(N=Nc3ccc(N4CCOCC4)cc3)cc2)cc1. The van der Waals surface area contributed by atoms with Crippen molar-refractivity contribution < 1.29 is 4.74 Å². The number of azo groups is 2. The molecule has 0 amide bonds. The predicted octanol–water partition coefficient (Wildman–Crippen LogP) is 8.48. The third kappa shape index (κ3) is 7.32. The van der Waals surface area contributed by atoms with Crippen LogP contribution < -0.4 is 4.90 Å². The van der Waals surface area contributed by atoms with E-state index in [9.17, 15) is 0 Å². The summed E-state index contributed by atoms with van der Waals surface area (Å²) in [6.07, 6.45) is 6.26. The van der Waals surface area contributed by atoms with Gasteiger partial charge in [0.15, 0.2) is 0 Å². The molecule has 0 aliphatic carbocycles. The van der Waals surface area contributed by atoms with Crippen LogP contribution in [-0.2, 0) is 11.2 Å². The number of rotatable bonds is 10. The van der Waals surface area contributed by atoms with Crippen LogP contribution >= 0.6 is 0 Å². The second-order valence-corrected chi connectivity index (χ2v) is 8.51. The molecule has 3 aromatic carbocycles. The van der Waals surface area contributed by atoms with Gasteiger partial charge in [-0.15, -0.1) is 0 Å². The maximum Gasteiger partial charge on any atom is 0.0858 e. The summed E-state index contributed by atoms with van der Waals surface area (Å²) in [6.45, 7) is 5.65. The van der Waals surface area contributed by atoms with E-state index in [1.165, 1.54) is 36.9 Å². The molecule has 1 aliphatic heterocycles. The lowest BCUT2D eigenvalue weighted by atomic mass is 10.1. The molecule has 3 aromatic rings. The first-order valence-corrected chi connectivity index (χ1v) is 12.3. The summed E-state index contributed by atoms with van der Waals surface area (Å²) in [5.41, 5.74) is 5.82. The fourth-order valence-electron chi connectivity index (χ4n) is 3.85. The van der Waals surface area contributed by atoms with Crippen molar-refractivity contribution in [2.75, 3.05) is 31.2 Å². The van der Waals surface area contributed by atoms with Crippen LogP contribution in [0.1, 0.15) is 38.2 Å². The minimum absolute atomic E-state index is 0.780. The molecule has 0 saturated carbocycles. The first kappa shape index (κ1) is 23.8. The van der Waals surface area contributed by atoms with E-state index in [-0.39, 0.29) is 0 Å². The van der Waals surface area contributed by atoms with Crippen molar-refractivity contribution in [3.05, 3.63) is 78.4 Å². The molecule has 0 radical (unpaired) electrons. The summed E-state index contributed by atoms with van der Waals surface area (Å²) in [5.74, 6) is 0. The largest absolute Gasteiger partial charge is 0.378 e. The molecule has 0 unspecified atom stereocenters. The van der Waals surface area contributed by atoms with Gasteiger partial charge in [0.1, 0.15) is 0 Å². The molecule has 0 aromatic heterocycles. The number of hydrogen-bond donors (Lipinski definition) is 0. The Morgan fingerprint density at radius 2 is 1.09 bits per heavy atom. The van der Waals surface area contributed by atoms with Gasteiger partial charge in [-0.1, -0.05) is 38.3 Å². The lowest BCUT2D eigenvalue weighted by Gasteiger charge is -2.28. The highest BCUT2D eigenvalue weighted by atomic mass is 16.5. The second-order valence-electron chi connectivity index (χ2n) is 8.51. The summed E-state index contributed by atoms with van der Waals surface area (Å²) in [5, 5.41) is 17.4. The zero-order valence-electron chi connectivity index (χ0n) is 19.9. The van der Waals surface area contributed by atoms with E-state index < -0.39 is 0 Å². The first-order chi connectivity index (χ1) is 16.8. The smallest absolute Gasteiger partial charge is 0.0858 e. The van der Waals surface area contributed by atoms with Gasteiger partial charge >= 0.3 is 0 Å². The van der Waals surface area contributed by atoms with Crippen LogP contribution in [0, 0.1) is 0 Å². The Balaban J connectivity index is 1.28. The Morgan fingerprint density at radius 1 is 0.618 bits per heavy atom. The highest BCUT2D eigenvalue weighted by Crippen LogP contribution is 2.25. The van der Waals surface area contributed by atoms with Crippen LogP contribution in [0.2, 0.25) is 0 Å². The number of ether oxygens (including phenoxy) is 1. The number of aryl methyl sites for hydroxylation is 1. The van der Waals surface area contributed by atoms with Gasteiger partial charge in [0, 0.05) is 18.8 Å². The molecule has 6 nitrogen and oxygen atoms in total. The van der Waals surface area contributed by atoms with Crippen LogP contribution in [0.25, 0.3) is 0 Å². The van der Waals surface area contributed by atoms with Gasteiger partial charge < -0.3 is 9.64 Å². The molecule has 1 heterocycles. The van der Waals surface area contributed by atoms with Gasteiger partial charge in [0.05, 0.1) is 36.0 Å². The number of hydrogen-bond acceptors (Lipinski definition) is 6. The van der Waals surface area contributed by atoms with Gasteiger partial charge in [0.25, 0.3) is 0 Å². The standard InChI is InChI=1S/C28H33N5O/c1-2-3-4-5-6-23-7-9-24(10-8-23)29-30-25-11-13-26(14-12-25)31-32-27-15-17-28(18-16-27)33-19-21-34-22-20-33/h7-18H,2-6,19-22H2,1H3. The van der Waals surface area contributed by atoms with Gasteiger partial charge in [0.2, 0.25) is 0 Å². The Hall–Kier alpha value is -3.38. The maximum atomic E-state index is 5.41. The molecule has 1 aliphatic rings. The van der Waals surface area contributed by atoms with Crippen molar-refractivity contribution >= 4 is 28.4 Å². The molecule has 0 N–H and O–H groups in total. The van der Waals surface area contributed by atoms with E-state index in [0.717, 1.165) is 55.5 Å². The molecule has 4 rings (SSSR count). The van der Waals surface area contributed by atoms with Crippen LogP contribution in [0.4, 0.5) is 28.4 Å². The van der Waals surface area contributed by atoms with Crippen molar-refractivity contribution in [1.29, 1.82) is 0 Å². The summed E-state index contributed by atoms with van der Waals surface area (Å²) < 4.78 is 5.41. The zero-order valence-corrected chi connectivity index (χ0v) is 19.9. The molecular weight excluding hydrogens is 422 g/mol. The van der Waals surface area contributed by atoms with E-state index in [4.69, 9.17) is 4.74 Å². The predicted molar refractivity (Wildman–Crippen MR) is 139 cm³/mol. The number of unbranched alkanes of at least 4 members (excludes halogenated alkanes) is 3. The van der Waals surface area contributed by atoms with E-state index in [1.807, 2.05) is 48.5 Å². The van der Waals surface area contributed by atoms with Crippen LogP contribution in [0.5, 0.6) is 0 Å². The molecule has 1 saturated heterocycles. The highest BCUT2D eigenvalue weighted by Gasteiger charge is 2.10. The quantitative estimate of drug-likeness (QED) is 0.227. The zero-order chi connectivity index (χ0) is 23.4. The fraction of sp³-hybridized carbons (Fsp3) is 0.357. The van der Waals surface area contributed by atoms with Gasteiger partial charge in [-0.25, -0.2) is 0 Å². The fourth-order valence-corrected chi connectivity index (χ4v) is 3.85. The van der Waals surface area contributed by atoms with E-state index >= 15 is 0 Å². The van der Waals surface area contributed by atoms with E-state index in [2.05, 4.69) is 56.5 Å².